The predicted octanol–water partition coefficient (Wildman–Crippen LogP) is 4.30. The molecular weight excluding hydrogens is 424 g/mol. The van der Waals surface area contributed by atoms with Gasteiger partial charge in [0.15, 0.2) is 0 Å². The Morgan fingerprint density at radius 2 is 1.65 bits per heavy atom. The molecule has 3 aliphatic heterocycles. The Bertz CT molecular complexity index is 781. The van der Waals surface area contributed by atoms with Gasteiger partial charge in [-0.3, -0.25) is 9.69 Å². The van der Waals surface area contributed by atoms with Gasteiger partial charge in [0.25, 0.3) is 0 Å². The van der Waals surface area contributed by atoms with Gasteiger partial charge in [0.05, 0.1) is 0 Å². The van der Waals surface area contributed by atoms with E-state index in [2.05, 4.69) is 31.1 Å². The lowest BCUT2D eigenvalue weighted by atomic mass is 9.97. The Morgan fingerprint density at radius 1 is 0.882 bits per heavy atom. The first-order valence-electron chi connectivity index (χ1n) is 14.1. The molecule has 4 aliphatic rings. The van der Waals surface area contributed by atoms with Crippen molar-refractivity contribution in [3.05, 3.63) is 12.3 Å². The van der Waals surface area contributed by atoms with Crippen LogP contribution in [0, 0.1) is 5.92 Å². The molecule has 7 nitrogen and oxygen atoms in total. The Balaban J connectivity index is 1.10. The highest BCUT2D eigenvalue weighted by Crippen LogP contribution is 2.29. The molecule has 0 aromatic carbocycles. The van der Waals surface area contributed by atoms with E-state index in [1.807, 2.05) is 6.20 Å². The number of likely N-dealkylation sites (tertiary alicyclic amines) is 2. The zero-order valence-corrected chi connectivity index (χ0v) is 21.0. The molecule has 0 spiro atoms. The number of hydrogen-bond acceptors (Lipinski definition) is 6. The maximum absolute atomic E-state index is 12.7. The number of carbonyl (C=O) groups is 1. The van der Waals surface area contributed by atoms with Crippen LogP contribution in [0.5, 0.6) is 0 Å². The van der Waals surface area contributed by atoms with Crippen LogP contribution in [0.2, 0.25) is 0 Å². The topological polar surface area (TPSA) is 64.6 Å². The highest BCUT2D eigenvalue weighted by Gasteiger charge is 2.31. The molecule has 1 saturated carbocycles. The molecule has 1 aliphatic carbocycles. The molecule has 7 heteroatoms. The second-order valence-electron chi connectivity index (χ2n) is 11.1. The van der Waals surface area contributed by atoms with E-state index in [4.69, 9.17) is 4.98 Å². The molecule has 1 unspecified atom stereocenters. The number of nitrogens with zero attached hydrogens (tertiary/aromatic N) is 5. The number of hydrogen-bond donors (Lipinski definition) is 1. The summed E-state index contributed by atoms with van der Waals surface area (Å²) in [5.74, 6) is 2.91. The second-order valence-corrected chi connectivity index (χ2v) is 11.1. The van der Waals surface area contributed by atoms with Crippen LogP contribution < -0.4 is 10.2 Å². The van der Waals surface area contributed by atoms with Crippen molar-refractivity contribution in [2.45, 2.75) is 95.6 Å². The monoisotopic (exact) mass is 468 g/mol. The summed E-state index contributed by atoms with van der Waals surface area (Å²) >= 11 is 0. The number of aromatic nitrogens is 2. The van der Waals surface area contributed by atoms with Crippen LogP contribution in [-0.2, 0) is 4.79 Å². The van der Waals surface area contributed by atoms with Gasteiger partial charge in [-0.1, -0.05) is 25.7 Å². The molecule has 1 amide bonds. The van der Waals surface area contributed by atoms with E-state index in [9.17, 15) is 4.79 Å². The molecule has 4 fully saturated rings. The number of rotatable bonds is 6. The van der Waals surface area contributed by atoms with Gasteiger partial charge in [-0.15, -0.1) is 0 Å². The van der Waals surface area contributed by atoms with Gasteiger partial charge in [-0.2, -0.15) is 4.98 Å². The van der Waals surface area contributed by atoms with Gasteiger partial charge in [0, 0.05) is 57.4 Å². The first-order valence-corrected chi connectivity index (χ1v) is 14.1. The Labute approximate surface area is 205 Å². The van der Waals surface area contributed by atoms with Crippen LogP contribution in [0.1, 0.15) is 83.5 Å². The molecule has 1 N–H and O–H groups in total. The zero-order chi connectivity index (χ0) is 23.2. The molecule has 188 valence electrons. The van der Waals surface area contributed by atoms with Crippen molar-refractivity contribution in [3.8, 4) is 0 Å². The third-order valence-electron chi connectivity index (χ3n) is 8.63. The summed E-state index contributed by atoms with van der Waals surface area (Å²) in [5.41, 5.74) is 0. The molecule has 5 rings (SSSR count). The quantitative estimate of drug-likeness (QED) is 0.671. The molecule has 1 atom stereocenters. The van der Waals surface area contributed by atoms with E-state index in [0.717, 1.165) is 63.8 Å². The Morgan fingerprint density at radius 3 is 2.41 bits per heavy atom. The minimum atomic E-state index is 0.398. The van der Waals surface area contributed by atoms with Crippen LogP contribution in [0.4, 0.5) is 11.8 Å². The third kappa shape index (κ3) is 6.21. The van der Waals surface area contributed by atoms with Crippen LogP contribution in [0.15, 0.2) is 12.3 Å². The molecular formula is C27H44N6O. The normalized spacial score (nSPS) is 25.9. The van der Waals surface area contributed by atoms with Crippen molar-refractivity contribution in [2.75, 3.05) is 49.5 Å². The predicted molar refractivity (Wildman–Crippen MR) is 137 cm³/mol. The maximum atomic E-state index is 12.7. The summed E-state index contributed by atoms with van der Waals surface area (Å²) in [4.78, 5) is 29.4. The average Bonchev–Trinajstić information content (AvgIpc) is 3.23. The van der Waals surface area contributed by atoms with Crippen LogP contribution >= 0.6 is 0 Å². The van der Waals surface area contributed by atoms with E-state index < -0.39 is 0 Å². The summed E-state index contributed by atoms with van der Waals surface area (Å²) in [5, 5.41) is 3.66. The fourth-order valence-electron chi connectivity index (χ4n) is 6.60. The number of nitrogens with one attached hydrogen (secondary N) is 1. The largest absolute Gasteiger partial charge is 0.356 e. The van der Waals surface area contributed by atoms with Crippen molar-refractivity contribution >= 4 is 17.7 Å². The maximum Gasteiger partial charge on any atom is 0.224 e. The molecule has 0 bridgehead atoms. The summed E-state index contributed by atoms with van der Waals surface area (Å²) < 4.78 is 0. The van der Waals surface area contributed by atoms with Gasteiger partial charge < -0.3 is 15.1 Å². The Hall–Kier alpha value is -1.89. The van der Waals surface area contributed by atoms with Gasteiger partial charge in [0.2, 0.25) is 11.9 Å². The summed E-state index contributed by atoms with van der Waals surface area (Å²) in [7, 11) is 0. The third-order valence-corrected chi connectivity index (χ3v) is 8.63. The van der Waals surface area contributed by atoms with Crippen molar-refractivity contribution in [1.29, 1.82) is 0 Å². The first kappa shape index (κ1) is 23.8. The minimum Gasteiger partial charge on any atom is -0.356 e. The highest BCUT2D eigenvalue weighted by atomic mass is 16.2. The van der Waals surface area contributed by atoms with E-state index in [1.165, 1.54) is 70.8 Å². The summed E-state index contributed by atoms with van der Waals surface area (Å²) in [6.07, 6.45) is 17.6. The van der Waals surface area contributed by atoms with Gasteiger partial charge in [-0.05, 0) is 69.9 Å². The van der Waals surface area contributed by atoms with E-state index in [1.54, 1.807) is 0 Å². The zero-order valence-electron chi connectivity index (χ0n) is 21.0. The lowest BCUT2D eigenvalue weighted by Gasteiger charge is -2.42. The fourth-order valence-corrected chi connectivity index (χ4v) is 6.60. The van der Waals surface area contributed by atoms with E-state index >= 15 is 0 Å². The lowest BCUT2D eigenvalue weighted by Crippen LogP contribution is -2.52. The smallest absolute Gasteiger partial charge is 0.224 e. The molecule has 0 radical (unpaired) electrons. The SMILES string of the molecule is O=C(CC1CCCC1)N1CCC(N2CCCC(Nc3nccc(N4CCCCCC4)n3)C2)CC1. The van der Waals surface area contributed by atoms with Crippen LogP contribution in [0.25, 0.3) is 0 Å². The average molecular weight is 469 g/mol. The van der Waals surface area contributed by atoms with Gasteiger partial charge in [-0.25, -0.2) is 4.98 Å². The van der Waals surface area contributed by atoms with Crippen LogP contribution in [-0.4, -0.2) is 77.0 Å². The number of amides is 1. The number of carbonyl (C=O) groups excluding carboxylic acids is 1. The van der Waals surface area contributed by atoms with Gasteiger partial charge in [0.1, 0.15) is 5.82 Å². The second kappa shape index (κ2) is 11.7. The van der Waals surface area contributed by atoms with Crippen molar-refractivity contribution in [3.63, 3.8) is 0 Å². The molecule has 1 aromatic heterocycles. The summed E-state index contributed by atoms with van der Waals surface area (Å²) in [6, 6.07) is 3.06. The van der Waals surface area contributed by atoms with Crippen molar-refractivity contribution in [2.24, 2.45) is 5.92 Å². The molecule has 34 heavy (non-hydrogen) atoms. The number of piperidine rings is 2. The first-order chi connectivity index (χ1) is 16.7. The van der Waals surface area contributed by atoms with Gasteiger partial charge >= 0.3 is 0 Å². The van der Waals surface area contributed by atoms with Crippen molar-refractivity contribution < 1.29 is 4.79 Å². The van der Waals surface area contributed by atoms with E-state index in [-0.39, 0.29) is 0 Å². The number of anilines is 2. The van der Waals surface area contributed by atoms with E-state index in [0.29, 0.717) is 23.9 Å². The van der Waals surface area contributed by atoms with Crippen LogP contribution in [0.3, 0.4) is 0 Å². The fraction of sp³-hybridized carbons (Fsp3) is 0.815. The summed E-state index contributed by atoms with van der Waals surface area (Å²) in [6.45, 7) is 6.31. The molecule has 1 aromatic rings. The van der Waals surface area contributed by atoms with Crippen molar-refractivity contribution in [1.82, 2.24) is 19.8 Å². The highest BCUT2D eigenvalue weighted by molar-refractivity contribution is 5.76. The minimum absolute atomic E-state index is 0.398. The lowest BCUT2D eigenvalue weighted by molar-refractivity contribution is -0.133. The molecule has 3 saturated heterocycles. The molecule has 4 heterocycles. The standard InChI is InChI=1S/C27H44N6O/c34-26(20-22-8-3-4-9-22)32-18-12-24(13-19-32)33-17-7-10-23(21-33)29-27-28-14-11-25(30-27)31-15-5-1-2-6-16-31/h11,14,22-24H,1-10,12-13,15-21H2,(H,28,29,30). The Kier molecular flexibility index (Phi) is 8.20.